The molecule has 0 N–H and O–H groups in total. The number of ether oxygens (including phenoxy) is 2. The molecule has 3 aromatic rings. The topological polar surface area (TPSA) is 85.6 Å². The SMILES string of the molecule is CCc1nc(N2CCN(C(=O)c3ccc4c(c3)OCCO4)CC2)c2c(n1)c(C)nn2C. The Balaban J connectivity index is 1.36. The third kappa shape index (κ3) is 3.43. The fourth-order valence-electron chi connectivity index (χ4n) is 4.22. The molecule has 0 unspecified atom stereocenters. The average molecular weight is 422 g/mol. The monoisotopic (exact) mass is 422 g/mol. The van der Waals surface area contributed by atoms with Gasteiger partial charge in [0.2, 0.25) is 0 Å². The van der Waals surface area contributed by atoms with Crippen LogP contribution in [0, 0.1) is 6.92 Å². The second-order valence-corrected chi connectivity index (χ2v) is 7.86. The van der Waals surface area contributed by atoms with E-state index in [9.17, 15) is 4.79 Å². The first kappa shape index (κ1) is 19.6. The number of aryl methyl sites for hydroxylation is 3. The summed E-state index contributed by atoms with van der Waals surface area (Å²) in [5, 5.41) is 4.54. The first-order chi connectivity index (χ1) is 15.0. The van der Waals surface area contributed by atoms with E-state index in [1.54, 1.807) is 6.07 Å². The first-order valence-electron chi connectivity index (χ1n) is 10.7. The number of carbonyl (C=O) groups is 1. The second kappa shape index (κ2) is 7.72. The lowest BCUT2D eigenvalue weighted by Gasteiger charge is -2.36. The molecule has 2 aliphatic rings. The standard InChI is InChI=1S/C22H26N6O3/c1-4-18-23-19-14(2)25-26(3)20(19)21(24-18)27-7-9-28(10-8-27)22(29)15-5-6-16-17(13-15)31-12-11-30-16/h5-6,13H,4,7-12H2,1-3H3. The number of benzene rings is 1. The summed E-state index contributed by atoms with van der Waals surface area (Å²) in [6, 6.07) is 5.40. The number of aromatic nitrogens is 4. The highest BCUT2D eigenvalue weighted by molar-refractivity contribution is 5.95. The summed E-state index contributed by atoms with van der Waals surface area (Å²) >= 11 is 0. The molecule has 5 rings (SSSR count). The fraction of sp³-hybridized carbons (Fsp3) is 0.455. The first-order valence-corrected chi connectivity index (χ1v) is 10.7. The van der Waals surface area contributed by atoms with Gasteiger partial charge in [0.15, 0.2) is 17.3 Å². The van der Waals surface area contributed by atoms with Crippen molar-refractivity contribution in [3.8, 4) is 11.5 Å². The number of hydrogen-bond acceptors (Lipinski definition) is 7. The molecule has 162 valence electrons. The van der Waals surface area contributed by atoms with E-state index in [-0.39, 0.29) is 5.91 Å². The molecule has 0 radical (unpaired) electrons. The molecule has 1 aromatic carbocycles. The van der Waals surface area contributed by atoms with Crippen LogP contribution in [0.5, 0.6) is 11.5 Å². The van der Waals surface area contributed by atoms with Crippen LogP contribution >= 0.6 is 0 Å². The van der Waals surface area contributed by atoms with E-state index in [2.05, 4.69) is 21.9 Å². The molecule has 4 heterocycles. The maximum atomic E-state index is 13.1. The summed E-state index contributed by atoms with van der Waals surface area (Å²) in [5.74, 6) is 3.05. The number of piperazine rings is 1. The molecule has 0 bridgehead atoms. The minimum atomic E-state index is 0.00934. The van der Waals surface area contributed by atoms with Crippen molar-refractivity contribution < 1.29 is 14.3 Å². The Hall–Kier alpha value is -3.36. The van der Waals surface area contributed by atoms with Gasteiger partial charge in [0.1, 0.15) is 30.1 Å². The van der Waals surface area contributed by atoms with Gasteiger partial charge in [0, 0.05) is 45.2 Å². The van der Waals surface area contributed by atoms with E-state index in [1.165, 1.54) is 0 Å². The predicted octanol–water partition coefficient (Wildman–Crippen LogP) is 1.97. The molecular weight excluding hydrogens is 396 g/mol. The van der Waals surface area contributed by atoms with Gasteiger partial charge in [-0.1, -0.05) is 6.92 Å². The third-order valence-corrected chi connectivity index (χ3v) is 5.85. The van der Waals surface area contributed by atoms with Crippen molar-refractivity contribution in [3.05, 3.63) is 35.3 Å². The van der Waals surface area contributed by atoms with Crippen molar-refractivity contribution in [1.29, 1.82) is 0 Å². The molecule has 9 heteroatoms. The normalized spacial score (nSPS) is 16.1. The average Bonchev–Trinajstić information content (AvgIpc) is 3.11. The third-order valence-electron chi connectivity index (χ3n) is 5.85. The molecule has 0 atom stereocenters. The molecule has 9 nitrogen and oxygen atoms in total. The van der Waals surface area contributed by atoms with Gasteiger partial charge in [-0.3, -0.25) is 9.48 Å². The Morgan fingerprint density at radius 3 is 2.55 bits per heavy atom. The van der Waals surface area contributed by atoms with Crippen molar-refractivity contribution in [2.24, 2.45) is 7.05 Å². The summed E-state index contributed by atoms with van der Waals surface area (Å²) in [4.78, 5) is 26.7. The zero-order chi connectivity index (χ0) is 21.5. The summed E-state index contributed by atoms with van der Waals surface area (Å²) in [6.45, 7) is 7.72. The van der Waals surface area contributed by atoms with Crippen molar-refractivity contribution in [3.63, 3.8) is 0 Å². The van der Waals surface area contributed by atoms with Gasteiger partial charge in [-0.05, 0) is 25.1 Å². The maximum Gasteiger partial charge on any atom is 0.254 e. The van der Waals surface area contributed by atoms with Gasteiger partial charge < -0.3 is 19.3 Å². The van der Waals surface area contributed by atoms with Crippen LogP contribution in [0.2, 0.25) is 0 Å². The lowest BCUT2D eigenvalue weighted by Crippen LogP contribution is -2.49. The maximum absolute atomic E-state index is 13.1. The Labute approximate surface area is 180 Å². The number of rotatable bonds is 3. The number of amides is 1. The number of anilines is 1. The number of hydrogen-bond donors (Lipinski definition) is 0. The van der Waals surface area contributed by atoms with E-state index in [0.717, 1.165) is 34.8 Å². The predicted molar refractivity (Wildman–Crippen MR) is 116 cm³/mol. The van der Waals surface area contributed by atoms with E-state index in [4.69, 9.17) is 14.5 Å². The lowest BCUT2D eigenvalue weighted by molar-refractivity contribution is 0.0745. The van der Waals surface area contributed by atoms with Crippen molar-refractivity contribution in [1.82, 2.24) is 24.6 Å². The molecule has 0 aliphatic carbocycles. The molecule has 1 saturated heterocycles. The lowest BCUT2D eigenvalue weighted by atomic mass is 10.1. The van der Waals surface area contributed by atoms with Crippen LogP contribution < -0.4 is 14.4 Å². The van der Waals surface area contributed by atoms with Crippen molar-refractivity contribution in [2.45, 2.75) is 20.3 Å². The fourth-order valence-corrected chi connectivity index (χ4v) is 4.22. The molecular formula is C22H26N6O3. The Kier molecular flexibility index (Phi) is 4.88. The molecule has 1 fully saturated rings. The van der Waals surface area contributed by atoms with Gasteiger partial charge >= 0.3 is 0 Å². The van der Waals surface area contributed by atoms with E-state index < -0.39 is 0 Å². The Bertz CT molecular complexity index is 1150. The molecule has 1 amide bonds. The van der Waals surface area contributed by atoms with Crippen LogP contribution in [-0.4, -0.2) is 69.9 Å². The summed E-state index contributed by atoms with van der Waals surface area (Å²) in [6.07, 6.45) is 0.764. The Morgan fingerprint density at radius 2 is 1.81 bits per heavy atom. The number of nitrogens with zero attached hydrogens (tertiary/aromatic N) is 6. The summed E-state index contributed by atoms with van der Waals surface area (Å²) < 4.78 is 13.0. The molecule has 2 aliphatic heterocycles. The van der Waals surface area contributed by atoms with Gasteiger partial charge in [-0.15, -0.1) is 0 Å². The van der Waals surface area contributed by atoms with Gasteiger partial charge in [-0.2, -0.15) is 5.10 Å². The highest BCUT2D eigenvalue weighted by Crippen LogP contribution is 2.31. The minimum absolute atomic E-state index is 0.00934. The zero-order valence-electron chi connectivity index (χ0n) is 18.1. The smallest absolute Gasteiger partial charge is 0.254 e. The van der Waals surface area contributed by atoms with Gasteiger partial charge in [0.05, 0.1) is 5.69 Å². The van der Waals surface area contributed by atoms with Crippen LogP contribution in [0.25, 0.3) is 11.0 Å². The van der Waals surface area contributed by atoms with Crippen LogP contribution in [0.4, 0.5) is 5.82 Å². The van der Waals surface area contributed by atoms with Crippen LogP contribution in [0.15, 0.2) is 18.2 Å². The largest absolute Gasteiger partial charge is 0.486 e. The van der Waals surface area contributed by atoms with Crippen LogP contribution in [0.3, 0.4) is 0 Å². The molecule has 0 spiro atoms. The van der Waals surface area contributed by atoms with Gasteiger partial charge in [-0.25, -0.2) is 9.97 Å². The Morgan fingerprint density at radius 1 is 1.06 bits per heavy atom. The number of fused-ring (bicyclic) bond motifs is 2. The summed E-state index contributed by atoms with van der Waals surface area (Å²) in [5.41, 5.74) is 3.38. The molecule has 0 saturated carbocycles. The van der Waals surface area contributed by atoms with Crippen LogP contribution in [0.1, 0.15) is 28.8 Å². The zero-order valence-corrected chi connectivity index (χ0v) is 18.1. The number of carbonyl (C=O) groups excluding carboxylic acids is 1. The quantitative estimate of drug-likeness (QED) is 0.638. The van der Waals surface area contributed by atoms with E-state index >= 15 is 0 Å². The highest BCUT2D eigenvalue weighted by Gasteiger charge is 2.27. The van der Waals surface area contributed by atoms with Crippen molar-refractivity contribution >= 4 is 22.8 Å². The molecule has 2 aromatic heterocycles. The van der Waals surface area contributed by atoms with Crippen LogP contribution in [-0.2, 0) is 13.5 Å². The van der Waals surface area contributed by atoms with Crippen molar-refractivity contribution in [2.75, 3.05) is 44.3 Å². The summed E-state index contributed by atoms with van der Waals surface area (Å²) in [7, 11) is 1.93. The second-order valence-electron chi connectivity index (χ2n) is 7.86. The minimum Gasteiger partial charge on any atom is -0.486 e. The van der Waals surface area contributed by atoms with Gasteiger partial charge in [0.25, 0.3) is 5.91 Å². The van der Waals surface area contributed by atoms with E-state index in [0.29, 0.717) is 56.5 Å². The van der Waals surface area contributed by atoms with E-state index in [1.807, 2.05) is 35.7 Å². The molecule has 31 heavy (non-hydrogen) atoms. The highest BCUT2D eigenvalue weighted by atomic mass is 16.6.